The van der Waals surface area contributed by atoms with Crippen molar-refractivity contribution in [2.75, 3.05) is 15.9 Å². The number of hydrogen-bond acceptors (Lipinski definition) is 3. The number of para-hydroxylation sites is 1. The summed E-state index contributed by atoms with van der Waals surface area (Å²) in [5.41, 5.74) is -0.703. The number of anilines is 2. The van der Waals surface area contributed by atoms with Gasteiger partial charge >= 0.3 is 6.18 Å². The fourth-order valence-electron chi connectivity index (χ4n) is 2.40. The number of sulfonamides is 1. The minimum absolute atomic E-state index is 0.0711. The van der Waals surface area contributed by atoms with Crippen molar-refractivity contribution in [3.63, 3.8) is 0 Å². The molecule has 1 amide bonds. The van der Waals surface area contributed by atoms with Crippen LogP contribution in [0.4, 0.5) is 24.5 Å². The molecule has 0 aromatic heterocycles. The molecule has 0 saturated heterocycles. The highest BCUT2D eigenvalue weighted by atomic mass is 32.2. The van der Waals surface area contributed by atoms with Gasteiger partial charge in [0.2, 0.25) is 15.9 Å². The van der Waals surface area contributed by atoms with Gasteiger partial charge in [0.15, 0.2) is 0 Å². The summed E-state index contributed by atoms with van der Waals surface area (Å²) in [7, 11) is -3.79. The summed E-state index contributed by atoms with van der Waals surface area (Å²) in [6, 6.07) is 10.9. The van der Waals surface area contributed by atoms with E-state index in [0.29, 0.717) is 0 Å². The van der Waals surface area contributed by atoms with Crippen LogP contribution in [0.1, 0.15) is 12.5 Å². The van der Waals surface area contributed by atoms with E-state index in [-0.39, 0.29) is 11.4 Å². The first-order valence-electron chi connectivity index (χ1n) is 7.53. The first-order chi connectivity index (χ1) is 12.0. The number of benzene rings is 2. The van der Waals surface area contributed by atoms with E-state index in [2.05, 4.69) is 5.32 Å². The minimum atomic E-state index is -4.55. The van der Waals surface area contributed by atoms with E-state index < -0.39 is 33.7 Å². The fraction of sp³-hybridized carbons (Fsp3) is 0.235. The fourth-order valence-corrected chi connectivity index (χ4v) is 3.58. The van der Waals surface area contributed by atoms with Gasteiger partial charge in [-0.15, -0.1) is 0 Å². The maximum absolute atomic E-state index is 12.8. The number of hydrogen-bond donors (Lipinski definition) is 1. The van der Waals surface area contributed by atoms with E-state index in [1.165, 1.54) is 25.1 Å². The van der Waals surface area contributed by atoms with Crippen LogP contribution in [0.2, 0.25) is 0 Å². The van der Waals surface area contributed by atoms with Crippen LogP contribution in [0.15, 0.2) is 54.6 Å². The highest BCUT2D eigenvalue weighted by Crippen LogP contribution is 2.30. The average Bonchev–Trinajstić information content (AvgIpc) is 2.54. The number of carbonyl (C=O) groups excluding carboxylic acids is 1. The summed E-state index contributed by atoms with van der Waals surface area (Å²) in [6.07, 6.45) is -3.59. The smallest absolute Gasteiger partial charge is 0.324 e. The molecule has 0 spiro atoms. The Balaban J connectivity index is 2.28. The van der Waals surface area contributed by atoms with Crippen molar-refractivity contribution >= 4 is 27.3 Å². The Morgan fingerprint density at radius 3 is 2.23 bits per heavy atom. The number of nitrogens with one attached hydrogen (secondary N) is 1. The molecule has 1 atom stereocenters. The van der Waals surface area contributed by atoms with E-state index in [1.54, 1.807) is 18.2 Å². The Hall–Kier alpha value is -2.55. The van der Waals surface area contributed by atoms with Gasteiger partial charge in [0.25, 0.3) is 0 Å². The lowest BCUT2D eigenvalue weighted by Gasteiger charge is -2.28. The number of carbonyl (C=O) groups is 1. The Labute approximate surface area is 149 Å². The third-order valence-corrected chi connectivity index (χ3v) is 4.80. The second kappa shape index (κ2) is 7.36. The molecule has 140 valence electrons. The van der Waals surface area contributed by atoms with Gasteiger partial charge in [0.05, 0.1) is 17.5 Å². The van der Waals surface area contributed by atoms with E-state index in [4.69, 9.17) is 0 Å². The predicted octanol–water partition coefficient (Wildman–Crippen LogP) is 3.50. The van der Waals surface area contributed by atoms with Crippen molar-refractivity contribution in [1.29, 1.82) is 0 Å². The molecule has 0 bridgehead atoms. The second-order valence-electron chi connectivity index (χ2n) is 5.64. The lowest BCUT2D eigenvalue weighted by Crippen LogP contribution is -2.45. The number of nitrogens with zero attached hydrogens (tertiary/aromatic N) is 1. The molecule has 0 aliphatic rings. The Morgan fingerprint density at radius 2 is 1.69 bits per heavy atom. The van der Waals surface area contributed by atoms with Crippen LogP contribution in [-0.4, -0.2) is 26.6 Å². The highest BCUT2D eigenvalue weighted by Gasteiger charge is 2.32. The van der Waals surface area contributed by atoms with E-state index in [0.717, 1.165) is 28.8 Å². The number of halogens is 3. The zero-order chi connectivity index (χ0) is 19.5. The van der Waals surface area contributed by atoms with Crippen molar-refractivity contribution in [2.45, 2.75) is 19.1 Å². The van der Waals surface area contributed by atoms with Gasteiger partial charge in [-0.2, -0.15) is 13.2 Å². The summed E-state index contributed by atoms with van der Waals surface area (Å²) >= 11 is 0. The molecule has 2 rings (SSSR count). The van der Waals surface area contributed by atoms with Crippen LogP contribution in [0, 0.1) is 0 Å². The van der Waals surface area contributed by atoms with Crippen LogP contribution >= 0.6 is 0 Å². The zero-order valence-electron chi connectivity index (χ0n) is 14.0. The van der Waals surface area contributed by atoms with Crippen molar-refractivity contribution < 1.29 is 26.4 Å². The standard InChI is InChI=1S/C17H17F3N2O3S/c1-12(22(26(2,24)25)15-9-4-3-5-10-15)16(23)21-14-8-6-7-13(11-14)17(18,19)20/h3-12H,1-2H3,(H,21,23)/t12-/m0/s1. The average molecular weight is 386 g/mol. The van der Waals surface area contributed by atoms with Crippen molar-refractivity contribution in [3.05, 3.63) is 60.2 Å². The molecule has 0 heterocycles. The molecule has 0 aliphatic heterocycles. The SMILES string of the molecule is C[C@@H](C(=O)Nc1cccc(C(F)(F)F)c1)N(c1ccccc1)S(C)(=O)=O. The first-order valence-corrected chi connectivity index (χ1v) is 9.37. The molecule has 0 saturated carbocycles. The summed E-state index contributed by atoms with van der Waals surface area (Å²) < 4.78 is 63.4. The Bertz CT molecular complexity index is 884. The largest absolute Gasteiger partial charge is 0.416 e. The summed E-state index contributed by atoms with van der Waals surface area (Å²) in [5, 5.41) is 2.33. The summed E-state index contributed by atoms with van der Waals surface area (Å²) in [4.78, 5) is 12.4. The van der Waals surface area contributed by atoms with Crippen LogP contribution in [0.3, 0.4) is 0 Å². The van der Waals surface area contributed by atoms with Gasteiger partial charge in [0, 0.05) is 5.69 Å². The predicted molar refractivity (Wildman–Crippen MR) is 93.3 cm³/mol. The van der Waals surface area contributed by atoms with Crippen LogP contribution in [-0.2, 0) is 21.0 Å². The normalized spacial score (nSPS) is 13.1. The number of amides is 1. The molecule has 0 aliphatic carbocycles. The summed E-state index contributed by atoms with van der Waals surface area (Å²) in [5.74, 6) is -0.751. The van der Waals surface area contributed by atoms with Gasteiger partial charge in [-0.3, -0.25) is 9.10 Å². The molecule has 2 aromatic carbocycles. The third kappa shape index (κ3) is 4.75. The second-order valence-corrected chi connectivity index (χ2v) is 7.50. The molecule has 5 nitrogen and oxygen atoms in total. The highest BCUT2D eigenvalue weighted by molar-refractivity contribution is 7.92. The van der Waals surface area contributed by atoms with Crippen LogP contribution in [0.25, 0.3) is 0 Å². The zero-order valence-corrected chi connectivity index (χ0v) is 14.8. The van der Waals surface area contributed by atoms with Crippen molar-refractivity contribution in [1.82, 2.24) is 0 Å². The van der Waals surface area contributed by atoms with E-state index in [9.17, 15) is 26.4 Å². The molecule has 0 fully saturated rings. The van der Waals surface area contributed by atoms with Gasteiger partial charge < -0.3 is 5.32 Å². The molecule has 0 unspecified atom stereocenters. The maximum Gasteiger partial charge on any atom is 0.416 e. The van der Waals surface area contributed by atoms with E-state index in [1.807, 2.05) is 0 Å². The minimum Gasteiger partial charge on any atom is -0.324 e. The van der Waals surface area contributed by atoms with Gasteiger partial charge in [-0.1, -0.05) is 24.3 Å². The quantitative estimate of drug-likeness (QED) is 0.855. The molecule has 9 heteroatoms. The van der Waals surface area contributed by atoms with Gasteiger partial charge in [-0.05, 0) is 37.3 Å². The van der Waals surface area contributed by atoms with Crippen LogP contribution in [0.5, 0.6) is 0 Å². The summed E-state index contributed by atoms with van der Waals surface area (Å²) in [6.45, 7) is 1.36. The third-order valence-electron chi connectivity index (χ3n) is 3.56. The Morgan fingerprint density at radius 1 is 1.08 bits per heavy atom. The molecule has 26 heavy (non-hydrogen) atoms. The monoisotopic (exact) mass is 386 g/mol. The molecule has 2 aromatic rings. The number of rotatable bonds is 5. The maximum atomic E-state index is 12.8. The van der Waals surface area contributed by atoms with Crippen molar-refractivity contribution in [2.24, 2.45) is 0 Å². The molecule has 0 radical (unpaired) electrons. The molecular weight excluding hydrogens is 369 g/mol. The topological polar surface area (TPSA) is 66.5 Å². The molecule has 1 N–H and O–H groups in total. The number of alkyl halides is 3. The van der Waals surface area contributed by atoms with Gasteiger partial charge in [-0.25, -0.2) is 8.42 Å². The lowest BCUT2D eigenvalue weighted by atomic mass is 10.2. The Kier molecular flexibility index (Phi) is 5.60. The van der Waals surface area contributed by atoms with Crippen molar-refractivity contribution in [3.8, 4) is 0 Å². The molecular formula is C17H17F3N2O3S. The first kappa shape index (κ1) is 19.8. The van der Waals surface area contributed by atoms with E-state index >= 15 is 0 Å². The lowest BCUT2D eigenvalue weighted by molar-refractivity contribution is -0.137. The van der Waals surface area contributed by atoms with Crippen LogP contribution < -0.4 is 9.62 Å². The van der Waals surface area contributed by atoms with Gasteiger partial charge in [0.1, 0.15) is 6.04 Å².